The maximum atomic E-state index is 13.2. The van der Waals surface area contributed by atoms with Gasteiger partial charge in [0.2, 0.25) is 0 Å². The lowest BCUT2D eigenvalue weighted by Gasteiger charge is -2.18. The van der Waals surface area contributed by atoms with E-state index in [0.717, 1.165) is 25.1 Å². The van der Waals surface area contributed by atoms with E-state index in [1.807, 2.05) is 0 Å². The number of hydrogen-bond donors (Lipinski definition) is 3. The van der Waals surface area contributed by atoms with Crippen LogP contribution < -0.4 is 5.32 Å². The van der Waals surface area contributed by atoms with E-state index in [1.54, 1.807) is 0 Å². The molecule has 0 fully saturated rings. The molecule has 0 aromatic heterocycles. The number of carboxylic acids is 1. The lowest BCUT2D eigenvalue weighted by molar-refractivity contribution is -0.156. The van der Waals surface area contributed by atoms with Gasteiger partial charge in [-0.3, -0.25) is 0 Å². The first-order valence-corrected chi connectivity index (χ1v) is 4.93. The molecule has 1 aromatic rings. The lowest BCUT2D eigenvalue weighted by Crippen LogP contribution is -2.44. The summed E-state index contributed by atoms with van der Waals surface area (Å²) in [5.41, 5.74) is -1.87. The summed E-state index contributed by atoms with van der Waals surface area (Å²) >= 11 is 0. The van der Waals surface area contributed by atoms with Crippen LogP contribution in [0.2, 0.25) is 0 Å². The van der Waals surface area contributed by atoms with Crippen molar-refractivity contribution in [2.75, 3.05) is 6.54 Å². The summed E-state index contributed by atoms with van der Waals surface area (Å²) in [6.45, 7) is 0.787. The monoisotopic (exact) mass is 245 g/mol. The van der Waals surface area contributed by atoms with Gasteiger partial charge in [-0.1, -0.05) is 0 Å². The van der Waals surface area contributed by atoms with Gasteiger partial charge in [0, 0.05) is 18.7 Å². The molecule has 0 aliphatic carbocycles. The highest BCUT2D eigenvalue weighted by atomic mass is 19.1. The normalized spacial score (nSPS) is 14.4. The van der Waals surface area contributed by atoms with Gasteiger partial charge in [0.15, 0.2) is 5.60 Å². The van der Waals surface area contributed by atoms with Crippen molar-refractivity contribution in [3.8, 4) is 0 Å². The molecule has 0 heterocycles. The predicted molar refractivity (Wildman–Crippen MR) is 56.3 cm³/mol. The van der Waals surface area contributed by atoms with Crippen LogP contribution in [-0.4, -0.2) is 28.3 Å². The summed E-state index contributed by atoms with van der Waals surface area (Å²) in [5.74, 6) is -2.55. The van der Waals surface area contributed by atoms with Gasteiger partial charge < -0.3 is 15.5 Å². The molecular formula is C11H13F2NO3. The van der Waals surface area contributed by atoms with Crippen molar-refractivity contribution in [2.24, 2.45) is 0 Å². The number of nitrogens with one attached hydrogen (secondary N) is 1. The van der Waals surface area contributed by atoms with E-state index >= 15 is 0 Å². The first kappa shape index (κ1) is 13.5. The Morgan fingerprint density at radius 1 is 1.47 bits per heavy atom. The van der Waals surface area contributed by atoms with Gasteiger partial charge in [-0.25, -0.2) is 13.6 Å². The van der Waals surface area contributed by atoms with Crippen molar-refractivity contribution < 1.29 is 23.8 Å². The number of carbonyl (C=O) groups is 1. The molecule has 3 N–H and O–H groups in total. The second-order valence-electron chi connectivity index (χ2n) is 3.92. The smallest absolute Gasteiger partial charge is 0.336 e. The minimum Gasteiger partial charge on any atom is -0.479 e. The van der Waals surface area contributed by atoms with Crippen LogP contribution in [0.15, 0.2) is 18.2 Å². The zero-order valence-electron chi connectivity index (χ0n) is 9.20. The van der Waals surface area contributed by atoms with Crippen molar-refractivity contribution in [1.29, 1.82) is 0 Å². The van der Waals surface area contributed by atoms with Gasteiger partial charge in [0.25, 0.3) is 0 Å². The number of benzene rings is 1. The molecule has 17 heavy (non-hydrogen) atoms. The molecule has 1 rings (SSSR count). The van der Waals surface area contributed by atoms with Crippen LogP contribution in [-0.2, 0) is 11.3 Å². The van der Waals surface area contributed by atoms with Gasteiger partial charge in [0.05, 0.1) is 0 Å². The van der Waals surface area contributed by atoms with Crippen LogP contribution in [0.25, 0.3) is 0 Å². The molecule has 0 aliphatic rings. The molecule has 0 saturated carbocycles. The molecule has 0 bridgehead atoms. The maximum absolute atomic E-state index is 13.2. The van der Waals surface area contributed by atoms with Crippen molar-refractivity contribution in [3.63, 3.8) is 0 Å². The van der Waals surface area contributed by atoms with E-state index in [2.05, 4.69) is 5.32 Å². The Morgan fingerprint density at radius 3 is 2.71 bits per heavy atom. The number of hydrogen-bond acceptors (Lipinski definition) is 3. The van der Waals surface area contributed by atoms with Crippen LogP contribution in [0.5, 0.6) is 0 Å². The molecule has 1 unspecified atom stereocenters. The fraction of sp³-hybridized carbons (Fsp3) is 0.364. The topological polar surface area (TPSA) is 69.6 Å². The Bertz CT molecular complexity index is 421. The van der Waals surface area contributed by atoms with E-state index < -0.39 is 23.2 Å². The Balaban J connectivity index is 2.57. The summed E-state index contributed by atoms with van der Waals surface area (Å²) in [5, 5.41) is 20.5. The van der Waals surface area contributed by atoms with Crippen molar-refractivity contribution in [3.05, 3.63) is 35.4 Å². The molecule has 4 nitrogen and oxygen atoms in total. The average Bonchev–Trinajstić information content (AvgIpc) is 2.22. The first-order chi connectivity index (χ1) is 7.83. The predicted octanol–water partition coefficient (Wildman–Crippen LogP) is 0.890. The van der Waals surface area contributed by atoms with E-state index in [0.29, 0.717) is 0 Å². The van der Waals surface area contributed by atoms with Crippen LogP contribution >= 0.6 is 0 Å². The summed E-state index contributed by atoms with van der Waals surface area (Å²) in [4.78, 5) is 10.6. The molecule has 0 radical (unpaired) electrons. The Kier molecular flexibility index (Phi) is 4.14. The Morgan fingerprint density at radius 2 is 2.12 bits per heavy atom. The van der Waals surface area contributed by atoms with Crippen LogP contribution in [0.3, 0.4) is 0 Å². The van der Waals surface area contributed by atoms with Crippen LogP contribution in [0, 0.1) is 11.6 Å². The van der Waals surface area contributed by atoms with E-state index in [9.17, 15) is 18.7 Å². The average molecular weight is 245 g/mol. The van der Waals surface area contributed by atoms with Crippen LogP contribution in [0.1, 0.15) is 12.5 Å². The standard InChI is InChI=1S/C11H13F2NO3/c1-11(17,10(15)16)6-14-5-7-4-8(12)2-3-9(7)13/h2-4,14,17H,5-6H2,1H3,(H,15,16). The highest BCUT2D eigenvalue weighted by Gasteiger charge is 2.29. The second-order valence-corrected chi connectivity index (χ2v) is 3.92. The largest absolute Gasteiger partial charge is 0.479 e. The third kappa shape index (κ3) is 3.76. The summed E-state index contributed by atoms with van der Waals surface area (Å²) in [7, 11) is 0. The molecule has 0 amide bonds. The number of aliphatic carboxylic acids is 1. The minimum absolute atomic E-state index is 0.0625. The summed E-state index contributed by atoms with van der Waals surface area (Å²) < 4.78 is 26.0. The zero-order valence-corrected chi connectivity index (χ0v) is 9.20. The summed E-state index contributed by atoms with van der Waals surface area (Å²) in [6.07, 6.45) is 0. The van der Waals surface area contributed by atoms with E-state index in [1.165, 1.54) is 0 Å². The van der Waals surface area contributed by atoms with Crippen LogP contribution in [0.4, 0.5) is 8.78 Å². The quantitative estimate of drug-likeness (QED) is 0.720. The van der Waals surface area contributed by atoms with Gasteiger partial charge >= 0.3 is 5.97 Å². The zero-order chi connectivity index (χ0) is 13.1. The van der Waals surface area contributed by atoms with Gasteiger partial charge in [-0.2, -0.15) is 0 Å². The highest BCUT2D eigenvalue weighted by molar-refractivity contribution is 5.76. The summed E-state index contributed by atoms with van der Waals surface area (Å²) in [6, 6.07) is 2.99. The third-order valence-corrected chi connectivity index (χ3v) is 2.25. The van der Waals surface area contributed by atoms with Gasteiger partial charge in [0.1, 0.15) is 11.6 Å². The molecule has 0 saturated heterocycles. The van der Waals surface area contributed by atoms with E-state index in [-0.39, 0.29) is 18.7 Å². The molecule has 6 heteroatoms. The fourth-order valence-corrected chi connectivity index (χ4v) is 1.19. The van der Waals surface area contributed by atoms with Gasteiger partial charge in [-0.15, -0.1) is 0 Å². The molecule has 0 aliphatic heterocycles. The van der Waals surface area contributed by atoms with Crippen molar-refractivity contribution in [2.45, 2.75) is 19.1 Å². The lowest BCUT2D eigenvalue weighted by atomic mass is 10.1. The minimum atomic E-state index is -1.94. The SMILES string of the molecule is CC(O)(CNCc1cc(F)ccc1F)C(=O)O. The first-order valence-electron chi connectivity index (χ1n) is 4.93. The number of aliphatic hydroxyl groups is 1. The van der Waals surface area contributed by atoms with Crippen molar-refractivity contribution >= 4 is 5.97 Å². The highest BCUT2D eigenvalue weighted by Crippen LogP contribution is 2.09. The number of halogens is 2. The Hall–Kier alpha value is -1.53. The third-order valence-electron chi connectivity index (χ3n) is 2.25. The van der Waals surface area contributed by atoms with E-state index in [4.69, 9.17) is 5.11 Å². The van der Waals surface area contributed by atoms with Crippen molar-refractivity contribution in [1.82, 2.24) is 5.32 Å². The number of carboxylic acid groups (broad SMARTS) is 1. The second kappa shape index (κ2) is 5.20. The number of rotatable bonds is 5. The molecule has 1 aromatic carbocycles. The molecule has 0 spiro atoms. The molecule has 1 atom stereocenters. The van der Waals surface area contributed by atoms with Gasteiger partial charge in [-0.05, 0) is 25.1 Å². The molecule has 94 valence electrons. The maximum Gasteiger partial charge on any atom is 0.336 e. The Labute approximate surface area is 96.9 Å². The fourth-order valence-electron chi connectivity index (χ4n) is 1.19. The molecular weight excluding hydrogens is 232 g/mol.